The lowest BCUT2D eigenvalue weighted by Crippen LogP contribution is -2.40. The van der Waals surface area contributed by atoms with Crippen LogP contribution in [0.2, 0.25) is 0 Å². The number of hydrogen-bond donors (Lipinski definition) is 1. The molecule has 0 aliphatic carbocycles. The van der Waals surface area contributed by atoms with Crippen LogP contribution in [0.1, 0.15) is 5.56 Å². The predicted octanol–water partition coefficient (Wildman–Crippen LogP) is 2.41. The van der Waals surface area contributed by atoms with Gasteiger partial charge in [-0.2, -0.15) is 0 Å². The zero-order valence-electron chi connectivity index (χ0n) is 18.7. The van der Waals surface area contributed by atoms with E-state index in [0.717, 1.165) is 5.56 Å². The number of nitrogens with one attached hydrogen (secondary N) is 1. The molecule has 2 aromatic carbocycles. The summed E-state index contributed by atoms with van der Waals surface area (Å²) in [5.74, 6) is 0.697. The van der Waals surface area contributed by atoms with E-state index in [1.807, 2.05) is 35.2 Å². The lowest BCUT2D eigenvalue weighted by atomic mass is 10.1. The van der Waals surface area contributed by atoms with Gasteiger partial charge in [0, 0.05) is 25.2 Å². The maximum Gasteiger partial charge on any atom is 0.240 e. The number of sulfonamides is 1. The summed E-state index contributed by atoms with van der Waals surface area (Å²) in [6, 6.07) is 19.5. The Balaban J connectivity index is 1.45. The van der Waals surface area contributed by atoms with E-state index < -0.39 is 19.9 Å². The number of hydrogen-bond acceptors (Lipinski definition) is 8. The first-order valence-electron chi connectivity index (χ1n) is 11.0. The Kier molecular flexibility index (Phi) is 6.22. The summed E-state index contributed by atoms with van der Waals surface area (Å²) < 4.78 is 52.1. The van der Waals surface area contributed by atoms with Gasteiger partial charge in [-0.1, -0.05) is 42.5 Å². The normalized spacial score (nSPS) is 15.8. The summed E-state index contributed by atoms with van der Waals surface area (Å²) >= 11 is 0. The second-order valence-electron chi connectivity index (χ2n) is 8.24. The molecule has 0 saturated carbocycles. The Morgan fingerprint density at radius 2 is 1.69 bits per heavy atom. The predicted molar refractivity (Wildman–Crippen MR) is 134 cm³/mol. The van der Waals surface area contributed by atoms with Crippen molar-refractivity contribution in [3.8, 4) is 11.3 Å². The van der Waals surface area contributed by atoms with Crippen LogP contribution in [0.4, 0.5) is 5.82 Å². The minimum Gasteiger partial charge on any atom is -0.353 e. The highest BCUT2D eigenvalue weighted by molar-refractivity contribution is 7.91. The molecular formula is C24H23N5O4S2. The van der Waals surface area contributed by atoms with Gasteiger partial charge >= 0.3 is 0 Å². The second-order valence-corrected chi connectivity index (χ2v) is 12.3. The molecule has 1 aliphatic rings. The van der Waals surface area contributed by atoms with Gasteiger partial charge in [0.05, 0.1) is 27.6 Å². The fourth-order valence-electron chi connectivity index (χ4n) is 3.92. The number of fused-ring (bicyclic) bond motifs is 1. The molecular weight excluding hydrogens is 486 g/mol. The van der Waals surface area contributed by atoms with Crippen molar-refractivity contribution in [2.45, 2.75) is 11.4 Å². The molecule has 1 aliphatic heterocycles. The number of pyridine rings is 1. The van der Waals surface area contributed by atoms with Crippen LogP contribution in [-0.4, -0.2) is 56.4 Å². The van der Waals surface area contributed by atoms with Crippen LogP contribution in [0.5, 0.6) is 0 Å². The highest BCUT2D eigenvalue weighted by atomic mass is 32.2. The summed E-state index contributed by atoms with van der Waals surface area (Å²) in [5, 5.41) is 0. The summed E-state index contributed by atoms with van der Waals surface area (Å²) in [6.45, 7) is 0.857. The maximum absolute atomic E-state index is 12.9. The van der Waals surface area contributed by atoms with Crippen LogP contribution < -0.4 is 9.62 Å². The van der Waals surface area contributed by atoms with Crippen molar-refractivity contribution in [3.63, 3.8) is 0 Å². The van der Waals surface area contributed by atoms with E-state index >= 15 is 0 Å². The van der Waals surface area contributed by atoms with Gasteiger partial charge < -0.3 is 4.90 Å². The first-order chi connectivity index (χ1) is 16.8. The zero-order chi connectivity index (χ0) is 24.5. The largest absolute Gasteiger partial charge is 0.353 e. The molecule has 35 heavy (non-hydrogen) atoms. The average Bonchev–Trinajstić information content (AvgIpc) is 2.88. The molecule has 3 heterocycles. The molecule has 0 radical (unpaired) electrons. The molecule has 4 aromatic rings. The first kappa shape index (κ1) is 23.3. The van der Waals surface area contributed by atoms with E-state index in [1.165, 1.54) is 6.33 Å². The van der Waals surface area contributed by atoms with Crippen LogP contribution in [-0.2, 0) is 26.4 Å². The molecule has 5 rings (SSSR count). The van der Waals surface area contributed by atoms with Gasteiger partial charge in [0.2, 0.25) is 10.0 Å². The van der Waals surface area contributed by atoms with Gasteiger partial charge in [0.15, 0.2) is 15.7 Å². The van der Waals surface area contributed by atoms with Crippen molar-refractivity contribution in [3.05, 3.63) is 78.6 Å². The minimum absolute atomic E-state index is 0.0636. The molecule has 0 amide bonds. The van der Waals surface area contributed by atoms with Crippen LogP contribution in [0, 0.1) is 0 Å². The number of anilines is 1. The fourth-order valence-corrected chi connectivity index (χ4v) is 6.19. The Bertz CT molecular complexity index is 1580. The van der Waals surface area contributed by atoms with Crippen molar-refractivity contribution in [2.75, 3.05) is 29.5 Å². The monoisotopic (exact) mass is 509 g/mol. The summed E-state index contributed by atoms with van der Waals surface area (Å²) in [5.41, 5.74) is 3.23. The van der Waals surface area contributed by atoms with E-state index in [0.29, 0.717) is 41.2 Å². The van der Waals surface area contributed by atoms with E-state index in [2.05, 4.69) is 14.7 Å². The van der Waals surface area contributed by atoms with Crippen LogP contribution >= 0.6 is 0 Å². The Hall–Kier alpha value is -3.41. The number of aromatic nitrogens is 3. The van der Waals surface area contributed by atoms with E-state index in [1.54, 1.807) is 36.4 Å². The van der Waals surface area contributed by atoms with Crippen molar-refractivity contribution in [2.24, 2.45) is 0 Å². The first-order valence-corrected chi connectivity index (χ1v) is 14.3. The standard InChI is InChI=1S/C24H23N5O4S2/c30-34(31)13-11-29(12-14-34)24-23-22(25-17-26-24)10-9-21(28-23)19-7-4-8-20(15-19)35(32,33)27-16-18-5-2-1-3-6-18/h1-10,15,17,27H,11-14,16H2. The highest BCUT2D eigenvalue weighted by Gasteiger charge is 2.24. The van der Waals surface area contributed by atoms with Gasteiger partial charge in [-0.25, -0.2) is 36.5 Å². The second kappa shape index (κ2) is 9.33. The van der Waals surface area contributed by atoms with Gasteiger partial charge in [-0.05, 0) is 29.8 Å². The summed E-state index contributed by atoms with van der Waals surface area (Å²) in [7, 11) is -6.77. The molecule has 0 bridgehead atoms. The molecule has 0 unspecified atom stereocenters. The van der Waals surface area contributed by atoms with Crippen LogP contribution in [0.3, 0.4) is 0 Å². The number of benzene rings is 2. The van der Waals surface area contributed by atoms with Gasteiger partial charge in [-0.3, -0.25) is 0 Å². The number of nitrogens with zero attached hydrogens (tertiary/aromatic N) is 4. The summed E-state index contributed by atoms with van der Waals surface area (Å²) in [6.07, 6.45) is 1.44. The lowest BCUT2D eigenvalue weighted by molar-refractivity contribution is 0.581. The van der Waals surface area contributed by atoms with Gasteiger partial charge in [0.1, 0.15) is 11.8 Å². The third-order valence-corrected chi connectivity index (χ3v) is 8.86. The third-order valence-electron chi connectivity index (χ3n) is 5.86. The smallest absolute Gasteiger partial charge is 0.240 e. The molecule has 2 aromatic heterocycles. The van der Waals surface area contributed by atoms with E-state index in [-0.39, 0.29) is 22.9 Å². The lowest BCUT2D eigenvalue weighted by Gasteiger charge is -2.28. The van der Waals surface area contributed by atoms with Gasteiger partial charge in [-0.15, -0.1) is 0 Å². The molecule has 1 N–H and O–H groups in total. The number of sulfone groups is 1. The van der Waals surface area contributed by atoms with Crippen LogP contribution in [0.25, 0.3) is 22.3 Å². The molecule has 0 spiro atoms. The number of rotatable bonds is 6. The topological polar surface area (TPSA) is 122 Å². The zero-order valence-corrected chi connectivity index (χ0v) is 20.3. The van der Waals surface area contributed by atoms with Crippen molar-refractivity contribution in [1.82, 2.24) is 19.7 Å². The Morgan fingerprint density at radius 3 is 2.46 bits per heavy atom. The SMILES string of the molecule is O=S1(=O)CCN(c2ncnc3ccc(-c4cccc(S(=O)(=O)NCc5ccccc5)c4)nc23)CC1. The molecule has 1 fully saturated rings. The molecule has 11 heteroatoms. The quantitative estimate of drug-likeness (QED) is 0.420. The Labute approximate surface area is 203 Å². The van der Waals surface area contributed by atoms with Gasteiger partial charge in [0.25, 0.3) is 0 Å². The van der Waals surface area contributed by atoms with E-state index in [9.17, 15) is 16.8 Å². The van der Waals surface area contributed by atoms with Crippen molar-refractivity contribution in [1.29, 1.82) is 0 Å². The molecule has 9 nitrogen and oxygen atoms in total. The minimum atomic E-state index is -3.74. The molecule has 180 valence electrons. The van der Waals surface area contributed by atoms with E-state index in [4.69, 9.17) is 4.98 Å². The van der Waals surface area contributed by atoms with Crippen molar-refractivity contribution < 1.29 is 16.8 Å². The average molecular weight is 510 g/mol. The highest BCUT2D eigenvalue weighted by Crippen LogP contribution is 2.27. The molecule has 0 atom stereocenters. The third kappa shape index (κ3) is 5.16. The fraction of sp³-hybridized carbons (Fsp3) is 0.208. The summed E-state index contributed by atoms with van der Waals surface area (Å²) in [4.78, 5) is 15.4. The van der Waals surface area contributed by atoms with Crippen LogP contribution in [0.15, 0.2) is 78.0 Å². The van der Waals surface area contributed by atoms with Crippen molar-refractivity contribution >= 4 is 36.7 Å². The maximum atomic E-state index is 12.9. The Morgan fingerprint density at radius 1 is 0.914 bits per heavy atom. The molecule has 1 saturated heterocycles.